The molecule has 0 saturated heterocycles. The third-order valence-electron chi connectivity index (χ3n) is 2.83. The molecule has 2 aromatic carbocycles. The third-order valence-corrected chi connectivity index (χ3v) is 4.75. The number of anilines is 1. The van der Waals surface area contributed by atoms with E-state index < -0.39 is 0 Å². The Morgan fingerprint density at radius 1 is 1.17 bits per heavy atom. The molecule has 0 atom stereocenters. The Morgan fingerprint density at radius 2 is 2.00 bits per heavy atom. The molecule has 0 fully saturated rings. The monoisotopic (exact) mass is 318 g/mol. The smallest absolute Gasteiger partial charge is 0.124 e. The molecule has 2 N–H and O–H groups in total. The highest BCUT2D eigenvalue weighted by Gasteiger charge is 2.07. The van der Waals surface area contributed by atoms with Crippen LogP contribution in [-0.2, 0) is 0 Å². The van der Waals surface area contributed by atoms with E-state index in [1.165, 1.54) is 5.56 Å². The van der Waals surface area contributed by atoms with E-state index in [4.69, 9.17) is 5.73 Å². The zero-order valence-electron chi connectivity index (χ0n) is 9.77. The second-order valence-electron chi connectivity index (χ2n) is 4.21. The standard InChI is InChI=1S/C14H11BrN2S/c1-8-2-3-9(6-11(8)15)14-17-12-5-4-10(16)7-13(12)18-14/h2-7H,16H2,1H3. The van der Waals surface area contributed by atoms with E-state index in [1.807, 2.05) is 18.2 Å². The fourth-order valence-corrected chi connectivity index (χ4v) is 3.18. The van der Waals surface area contributed by atoms with E-state index in [0.717, 1.165) is 30.9 Å². The zero-order chi connectivity index (χ0) is 12.7. The zero-order valence-corrected chi connectivity index (χ0v) is 12.2. The van der Waals surface area contributed by atoms with Crippen LogP contribution < -0.4 is 5.73 Å². The highest BCUT2D eigenvalue weighted by atomic mass is 79.9. The summed E-state index contributed by atoms with van der Waals surface area (Å²) in [7, 11) is 0. The van der Waals surface area contributed by atoms with Crippen LogP contribution in [0.1, 0.15) is 5.56 Å². The summed E-state index contributed by atoms with van der Waals surface area (Å²) in [6.07, 6.45) is 0. The lowest BCUT2D eigenvalue weighted by Crippen LogP contribution is -1.81. The Labute approximate surface area is 118 Å². The molecule has 0 bridgehead atoms. The van der Waals surface area contributed by atoms with Crippen LogP contribution in [0.15, 0.2) is 40.9 Å². The van der Waals surface area contributed by atoms with Crippen molar-refractivity contribution >= 4 is 43.2 Å². The van der Waals surface area contributed by atoms with Crippen LogP contribution in [0.5, 0.6) is 0 Å². The van der Waals surface area contributed by atoms with Gasteiger partial charge < -0.3 is 5.73 Å². The van der Waals surface area contributed by atoms with E-state index in [-0.39, 0.29) is 0 Å². The second-order valence-corrected chi connectivity index (χ2v) is 6.10. The van der Waals surface area contributed by atoms with Gasteiger partial charge in [-0.25, -0.2) is 4.98 Å². The number of benzene rings is 2. The Hall–Kier alpha value is -1.39. The maximum Gasteiger partial charge on any atom is 0.124 e. The molecule has 0 aliphatic rings. The molecule has 1 aromatic heterocycles. The lowest BCUT2D eigenvalue weighted by Gasteiger charge is -2.00. The first-order chi connectivity index (χ1) is 8.63. The van der Waals surface area contributed by atoms with Gasteiger partial charge >= 0.3 is 0 Å². The van der Waals surface area contributed by atoms with Crippen molar-refractivity contribution < 1.29 is 0 Å². The SMILES string of the molecule is Cc1ccc(-c2nc3ccc(N)cc3s2)cc1Br. The van der Waals surface area contributed by atoms with Gasteiger partial charge in [0.25, 0.3) is 0 Å². The molecular formula is C14H11BrN2S. The highest BCUT2D eigenvalue weighted by Crippen LogP contribution is 2.33. The van der Waals surface area contributed by atoms with Crippen molar-refractivity contribution in [2.45, 2.75) is 6.92 Å². The van der Waals surface area contributed by atoms with Crippen molar-refractivity contribution in [1.29, 1.82) is 0 Å². The summed E-state index contributed by atoms with van der Waals surface area (Å²) in [6.45, 7) is 2.08. The van der Waals surface area contributed by atoms with E-state index >= 15 is 0 Å². The Kier molecular flexibility index (Phi) is 2.84. The lowest BCUT2D eigenvalue weighted by molar-refractivity contribution is 1.41. The van der Waals surface area contributed by atoms with Gasteiger partial charge in [0, 0.05) is 15.7 Å². The maximum absolute atomic E-state index is 5.79. The summed E-state index contributed by atoms with van der Waals surface area (Å²) in [6, 6.07) is 12.1. The summed E-state index contributed by atoms with van der Waals surface area (Å²) in [4.78, 5) is 4.64. The number of hydrogen-bond donors (Lipinski definition) is 1. The summed E-state index contributed by atoms with van der Waals surface area (Å²) in [5, 5.41) is 1.02. The quantitative estimate of drug-likeness (QED) is 0.665. The number of thiazole rings is 1. The molecule has 0 aliphatic heterocycles. The van der Waals surface area contributed by atoms with Crippen molar-refractivity contribution in [3.63, 3.8) is 0 Å². The first-order valence-electron chi connectivity index (χ1n) is 5.56. The minimum Gasteiger partial charge on any atom is -0.399 e. The number of aryl methyl sites for hydroxylation is 1. The Balaban J connectivity index is 2.16. The minimum absolute atomic E-state index is 0.780. The number of rotatable bonds is 1. The van der Waals surface area contributed by atoms with Crippen LogP contribution >= 0.6 is 27.3 Å². The van der Waals surface area contributed by atoms with Gasteiger partial charge in [-0.1, -0.05) is 28.1 Å². The molecule has 0 aliphatic carbocycles. The van der Waals surface area contributed by atoms with Crippen LogP contribution in [0.4, 0.5) is 5.69 Å². The minimum atomic E-state index is 0.780. The fraction of sp³-hybridized carbons (Fsp3) is 0.0714. The molecule has 0 unspecified atom stereocenters. The molecule has 3 rings (SSSR count). The van der Waals surface area contributed by atoms with Crippen molar-refractivity contribution in [3.8, 4) is 10.6 Å². The highest BCUT2D eigenvalue weighted by molar-refractivity contribution is 9.10. The van der Waals surface area contributed by atoms with Crippen molar-refractivity contribution in [3.05, 3.63) is 46.4 Å². The first-order valence-corrected chi connectivity index (χ1v) is 7.17. The Bertz CT molecular complexity index is 734. The Morgan fingerprint density at radius 3 is 2.78 bits per heavy atom. The molecule has 4 heteroatoms. The van der Waals surface area contributed by atoms with Gasteiger partial charge in [-0.15, -0.1) is 11.3 Å². The van der Waals surface area contributed by atoms with Gasteiger partial charge in [-0.3, -0.25) is 0 Å². The van der Waals surface area contributed by atoms with E-state index in [0.29, 0.717) is 0 Å². The van der Waals surface area contributed by atoms with Gasteiger partial charge in [0.05, 0.1) is 10.2 Å². The lowest BCUT2D eigenvalue weighted by atomic mass is 10.2. The molecule has 0 amide bonds. The molecule has 1 heterocycles. The largest absolute Gasteiger partial charge is 0.399 e. The van der Waals surface area contributed by atoms with Gasteiger partial charge in [0.1, 0.15) is 5.01 Å². The van der Waals surface area contributed by atoms with Crippen LogP contribution in [0, 0.1) is 6.92 Å². The number of halogens is 1. The van der Waals surface area contributed by atoms with Gasteiger partial charge in [-0.05, 0) is 36.8 Å². The number of nitrogens with zero attached hydrogens (tertiary/aromatic N) is 1. The molecular weight excluding hydrogens is 308 g/mol. The van der Waals surface area contributed by atoms with Crippen LogP contribution in [-0.4, -0.2) is 4.98 Å². The molecule has 3 aromatic rings. The molecule has 90 valence electrons. The average molecular weight is 319 g/mol. The molecule has 0 spiro atoms. The number of nitrogens with two attached hydrogens (primary N) is 1. The predicted molar refractivity (Wildman–Crippen MR) is 81.9 cm³/mol. The van der Waals surface area contributed by atoms with Crippen molar-refractivity contribution in [2.75, 3.05) is 5.73 Å². The van der Waals surface area contributed by atoms with Crippen molar-refractivity contribution in [1.82, 2.24) is 4.98 Å². The van der Waals surface area contributed by atoms with Gasteiger partial charge in [0.2, 0.25) is 0 Å². The van der Waals surface area contributed by atoms with Crippen LogP contribution in [0.2, 0.25) is 0 Å². The predicted octanol–water partition coefficient (Wildman–Crippen LogP) is 4.62. The molecule has 2 nitrogen and oxygen atoms in total. The fourth-order valence-electron chi connectivity index (χ4n) is 1.79. The number of fused-ring (bicyclic) bond motifs is 1. The van der Waals surface area contributed by atoms with E-state index in [2.05, 4.69) is 46.0 Å². The average Bonchev–Trinajstić information content (AvgIpc) is 2.75. The summed E-state index contributed by atoms with van der Waals surface area (Å²) >= 11 is 5.22. The third kappa shape index (κ3) is 2.02. The normalized spacial score (nSPS) is 11.0. The molecule has 0 radical (unpaired) electrons. The number of aromatic nitrogens is 1. The van der Waals surface area contributed by atoms with Gasteiger partial charge in [-0.2, -0.15) is 0 Å². The van der Waals surface area contributed by atoms with Crippen LogP contribution in [0.3, 0.4) is 0 Å². The van der Waals surface area contributed by atoms with Crippen LogP contribution in [0.25, 0.3) is 20.8 Å². The first kappa shape index (κ1) is 11.7. The van der Waals surface area contributed by atoms with Crippen molar-refractivity contribution in [2.24, 2.45) is 0 Å². The summed E-state index contributed by atoms with van der Waals surface area (Å²) in [5.74, 6) is 0. The topological polar surface area (TPSA) is 38.9 Å². The number of hydrogen-bond acceptors (Lipinski definition) is 3. The van der Waals surface area contributed by atoms with E-state index in [9.17, 15) is 0 Å². The number of nitrogen functional groups attached to an aromatic ring is 1. The van der Waals surface area contributed by atoms with E-state index in [1.54, 1.807) is 11.3 Å². The van der Waals surface area contributed by atoms with Gasteiger partial charge in [0.15, 0.2) is 0 Å². The molecule has 0 saturated carbocycles. The summed E-state index contributed by atoms with van der Waals surface area (Å²) in [5.41, 5.74) is 9.93. The summed E-state index contributed by atoms with van der Waals surface area (Å²) < 4.78 is 2.24. The maximum atomic E-state index is 5.79. The second kappa shape index (κ2) is 4.37. The molecule has 18 heavy (non-hydrogen) atoms.